The van der Waals surface area contributed by atoms with E-state index in [-0.39, 0.29) is 0 Å². The summed E-state index contributed by atoms with van der Waals surface area (Å²) in [6, 6.07) is 6.13. The molecule has 0 saturated carbocycles. The van der Waals surface area contributed by atoms with E-state index in [2.05, 4.69) is 15.3 Å². The summed E-state index contributed by atoms with van der Waals surface area (Å²) in [7, 11) is 0. The molecule has 0 spiro atoms. The molecule has 0 aliphatic carbocycles. The van der Waals surface area contributed by atoms with Gasteiger partial charge in [0.15, 0.2) is 0 Å². The maximum absolute atomic E-state index is 12.4. The Morgan fingerprint density at radius 1 is 1.10 bits per heavy atom. The first-order valence-corrected chi connectivity index (χ1v) is 6.21. The van der Waals surface area contributed by atoms with E-state index in [9.17, 15) is 13.2 Å². The zero-order valence-electron chi connectivity index (χ0n) is 10.8. The average Bonchev–Trinajstić information content (AvgIpc) is 2.92. The second-order valence-electron chi connectivity index (χ2n) is 4.51. The predicted molar refractivity (Wildman–Crippen MR) is 71.8 cm³/mol. The molecule has 0 aromatic carbocycles. The minimum absolute atomic E-state index is 0.395. The van der Waals surface area contributed by atoms with Crippen LogP contribution in [-0.2, 0) is 12.7 Å². The summed E-state index contributed by atoms with van der Waals surface area (Å²) >= 11 is 0. The smallest absolute Gasteiger partial charge is 0.366 e. The number of fused-ring (bicyclic) bond motifs is 1. The molecule has 3 heterocycles. The molecule has 0 saturated heterocycles. The van der Waals surface area contributed by atoms with Crippen LogP contribution in [0.4, 0.5) is 19.0 Å². The molecule has 1 N–H and O–H groups in total. The fraction of sp³-hybridized carbons (Fsp3) is 0.143. The van der Waals surface area contributed by atoms with Crippen molar-refractivity contribution >= 4 is 11.5 Å². The highest BCUT2D eigenvalue weighted by Crippen LogP contribution is 2.28. The van der Waals surface area contributed by atoms with Crippen LogP contribution in [0.15, 0.2) is 49.1 Å². The number of alkyl halides is 3. The van der Waals surface area contributed by atoms with Crippen molar-refractivity contribution < 1.29 is 13.2 Å². The maximum Gasteiger partial charge on any atom is 0.417 e. The lowest BCUT2D eigenvalue weighted by atomic mass is 10.2. The van der Waals surface area contributed by atoms with E-state index in [0.717, 1.165) is 23.5 Å². The van der Waals surface area contributed by atoms with Gasteiger partial charge in [-0.05, 0) is 29.8 Å². The minimum Gasteiger partial charge on any atom is -0.366 e. The Hall–Kier alpha value is -2.57. The molecular weight excluding hydrogens is 281 g/mol. The number of aromatic nitrogens is 3. The van der Waals surface area contributed by atoms with Crippen molar-refractivity contribution in [3.8, 4) is 0 Å². The zero-order valence-corrected chi connectivity index (χ0v) is 10.8. The Morgan fingerprint density at radius 3 is 2.67 bits per heavy atom. The van der Waals surface area contributed by atoms with E-state index in [1.807, 2.05) is 28.9 Å². The van der Waals surface area contributed by atoms with Crippen molar-refractivity contribution in [2.45, 2.75) is 12.7 Å². The molecule has 0 radical (unpaired) electrons. The van der Waals surface area contributed by atoms with Crippen LogP contribution in [0.25, 0.3) is 5.65 Å². The van der Waals surface area contributed by atoms with E-state index >= 15 is 0 Å². The highest BCUT2D eigenvalue weighted by atomic mass is 19.4. The summed E-state index contributed by atoms with van der Waals surface area (Å²) in [6.45, 7) is 0.460. The summed E-state index contributed by atoms with van der Waals surface area (Å²) in [5.41, 5.74) is 1.02. The summed E-state index contributed by atoms with van der Waals surface area (Å²) in [4.78, 5) is 7.93. The summed E-state index contributed by atoms with van der Waals surface area (Å²) in [6.07, 6.45) is 1.87. The molecule has 3 aromatic rings. The Labute approximate surface area is 118 Å². The van der Waals surface area contributed by atoms with Gasteiger partial charge >= 0.3 is 6.18 Å². The van der Waals surface area contributed by atoms with Gasteiger partial charge in [0, 0.05) is 31.3 Å². The van der Waals surface area contributed by atoms with Gasteiger partial charge in [-0.3, -0.25) is 0 Å². The van der Waals surface area contributed by atoms with E-state index in [4.69, 9.17) is 0 Å². The van der Waals surface area contributed by atoms with Crippen LogP contribution in [-0.4, -0.2) is 14.4 Å². The number of hydrogen-bond donors (Lipinski definition) is 1. The van der Waals surface area contributed by atoms with Crippen LogP contribution in [0.1, 0.15) is 11.1 Å². The fourth-order valence-electron chi connectivity index (χ4n) is 1.92. The first-order valence-electron chi connectivity index (χ1n) is 6.21. The highest BCUT2D eigenvalue weighted by molar-refractivity contribution is 5.43. The van der Waals surface area contributed by atoms with Crippen LogP contribution in [0, 0.1) is 0 Å². The van der Waals surface area contributed by atoms with Crippen molar-refractivity contribution in [2.24, 2.45) is 0 Å². The van der Waals surface area contributed by atoms with Gasteiger partial charge < -0.3 is 9.72 Å². The normalized spacial score (nSPS) is 11.8. The van der Waals surface area contributed by atoms with Crippen LogP contribution in [0.5, 0.6) is 0 Å². The SMILES string of the molecule is FC(F)(F)c1ccc(NCc2ccn3ccnc3c2)nc1. The third-order valence-electron chi connectivity index (χ3n) is 3.03. The van der Waals surface area contributed by atoms with Crippen molar-refractivity contribution in [1.29, 1.82) is 0 Å². The van der Waals surface area contributed by atoms with Crippen LogP contribution < -0.4 is 5.32 Å². The molecule has 0 amide bonds. The number of halogens is 3. The lowest BCUT2D eigenvalue weighted by molar-refractivity contribution is -0.137. The fourth-order valence-corrected chi connectivity index (χ4v) is 1.92. The summed E-state index contributed by atoms with van der Waals surface area (Å²) < 4.78 is 39.1. The number of rotatable bonds is 3. The summed E-state index contributed by atoms with van der Waals surface area (Å²) in [5.74, 6) is 0.395. The van der Waals surface area contributed by atoms with Crippen molar-refractivity contribution in [2.75, 3.05) is 5.32 Å². The van der Waals surface area contributed by atoms with Gasteiger partial charge in [-0.15, -0.1) is 0 Å². The minimum atomic E-state index is -4.36. The molecule has 0 bridgehead atoms. The largest absolute Gasteiger partial charge is 0.417 e. The van der Waals surface area contributed by atoms with E-state index in [1.54, 1.807) is 6.20 Å². The van der Waals surface area contributed by atoms with Gasteiger partial charge in [0.2, 0.25) is 0 Å². The first kappa shape index (κ1) is 13.4. The molecule has 0 unspecified atom stereocenters. The number of hydrogen-bond acceptors (Lipinski definition) is 3. The van der Waals surface area contributed by atoms with Gasteiger partial charge in [-0.2, -0.15) is 13.2 Å². The second kappa shape index (κ2) is 5.08. The van der Waals surface area contributed by atoms with E-state index < -0.39 is 11.7 Å². The topological polar surface area (TPSA) is 42.2 Å². The lowest BCUT2D eigenvalue weighted by Crippen LogP contribution is -2.07. The molecule has 0 fully saturated rings. The van der Waals surface area contributed by atoms with Gasteiger partial charge in [0.25, 0.3) is 0 Å². The van der Waals surface area contributed by atoms with Crippen molar-refractivity contribution in [1.82, 2.24) is 14.4 Å². The van der Waals surface area contributed by atoms with Crippen LogP contribution in [0.3, 0.4) is 0 Å². The van der Waals surface area contributed by atoms with Gasteiger partial charge in [0.1, 0.15) is 11.5 Å². The van der Waals surface area contributed by atoms with Crippen LogP contribution in [0.2, 0.25) is 0 Å². The van der Waals surface area contributed by atoms with Gasteiger partial charge in [-0.25, -0.2) is 9.97 Å². The number of nitrogens with one attached hydrogen (secondary N) is 1. The van der Waals surface area contributed by atoms with Gasteiger partial charge in [-0.1, -0.05) is 0 Å². The molecule has 0 aliphatic heterocycles. The van der Waals surface area contributed by atoms with Crippen LogP contribution >= 0.6 is 0 Å². The second-order valence-corrected chi connectivity index (χ2v) is 4.51. The van der Waals surface area contributed by atoms with Gasteiger partial charge in [0.05, 0.1) is 5.56 Å². The zero-order chi connectivity index (χ0) is 14.9. The Morgan fingerprint density at radius 2 is 1.95 bits per heavy atom. The Bertz CT molecular complexity index is 747. The molecule has 3 aromatic heterocycles. The molecular formula is C14H11F3N4. The van der Waals surface area contributed by atoms with E-state index in [0.29, 0.717) is 12.4 Å². The molecule has 7 heteroatoms. The van der Waals surface area contributed by atoms with E-state index in [1.165, 1.54) is 6.07 Å². The Balaban J connectivity index is 1.69. The molecule has 108 valence electrons. The number of pyridine rings is 2. The molecule has 4 nitrogen and oxygen atoms in total. The van der Waals surface area contributed by atoms with Crippen molar-refractivity contribution in [3.63, 3.8) is 0 Å². The maximum atomic E-state index is 12.4. The number of nitrogens with zero attached hydrogens (tertiary/aromatic N) is 3. The quantitative estimate of drug-likeness (QED) is 0.805. The predicted octanol–water partition coefficient (Wildman–Crippen LogP) is 3.36. The number of anilines is 1. The third kappa shape index (κ3) is 2.96. The lowest BCUT2D eigenvalue weighted by Gasteiger charge is -2.09. The third-order valence-corrected chi connectivity index (χ3v) is 3.03. The molecule has 21 heavy (non-hydrogen) atoms. The molecule has 0 aliphatic rings. The summed E-state index contributed by atoms with van der Waals surface area (Å²) in [5, 5.41) is 2.98. The molecule has 0 atom stereocenters. The monoisotopic (exact) mass is 292 g/mol. The van der Waals surface area contributed by atoms with Crippen molar-refractivity contribution in [3.05, 3.63) is 60.2 Å². The Kier molecular flexibility index (Phi) is 3.25. The number of imidazole rings is 1. The first-order chi connectivity index (χ1) is 10.0. The average molecular weight is 292 g/mol. The highest BCUT2D eigenvalue weighted by Gasteiger charge is 2.30. The molecule has 3 rings (SSSR count). The standard InChI is InChI=1S/C14H11F3N4/c15-14(16,17)11-1-2-12(20-9-11)19-8-10-3-5-21-6-4-18-13(21)7-10/h1-7,9H,8H2,(H,19,20).